The number of carbonyl (C=O) groups excluding carboxylic acids is 1. The van der Waals surface area contributed by atoms with Gasteiger partial charge >= 0.3 is 0 Å². The number of aromatic nitrogens is 1. The largest absolute Gasteiger partial charge is 0.378 e. The van der Waals surface area contributed by atoms with E-state index >= 15 is 0 Å². The summed E-state index contributed by atoms with van der Waals surface area (Å²) in [6.07, 6.45) is 0.0559. The average Bonchev–Trinajstić information content (AvgIpc) is 2.21. The van der Waals surface area contributed by atoms with Gasteiger partial charge < -0.3 is 10.1 Å². The molecule has 1 aromatic rings. The van der Waals surface area contributed by atoms with Gasteiger partial charge in [-0.05, 0) is 26.0 Å². The van der Waals surface area contributed by atoms with Crippen molar-refractivity contribution in [2.75, 3.05) is 12.4 Å². The van der Waals surface area contributed by atoms with E-state index in [1.807, 2.05) is 0 Å². The van der Waals surface area contributed by atoms with Crippen molar-refractivity contribution >= 4 is 11.6 Å². The maximum Gasteiger partial charge on any atom is 0.239 e. The van der Waals surface area contributed by atoms with Crippen molar-refractivity contribution < 1.29 is 18.3 Å². The van der Waals surface area contributed by atoms with Crippen molar-refractivity contribution in [3.63, 3.8) is 0 Å². The summed E-state index contributed by atoms with van der Waals surface area (Å²) in [5.74, 6) is -2.41. The first-order chi connectivity index (χ1) is 7.84. The summed E-state index contributed by atoms with van der Waals surface area (Å²) in [5, 5.41) is 2.30. The van der Waals surface area contributed by atoms with Crippen molar-refractivity contribution in [3.05, 3.63) is 24.0 Å². The second-order valence-corrected chi connectivity index (χ2v) is 4.16. The van der Waals surface area contributed by atoms with Crippen LogP contribution < -0.4 is 5.32 Å². The number of nitrogens with zero attached hydrogens (tertiary/aromatic N) is 1. The van der Waals surface area contributed by atoms with Crippen LogP contribution in [0.1, 0.15) is 20.3 Å². The maximum atomic E-state index is 13.1. The molecule has 0 fully saturated rings. The monoisotopic (exact) mass is 244 g/mol. The molecule has 0 saturated carbocycles. The van der Waals surface area contributed by atoms with Crippen LogP contribution in [-0.2, 0) is 9.53 Å². The normalized spacial score (nSPS) is 11.4. The number of rotatable bonds is 4. The number of anilines is 1. The molecule has 6 heteroatoms. The number of nitrogens with one attached hydrogen (secondary N) is 1. The molecule has 1 aromatic heterocycles. The Bertz CT molecular complexity index is 422. The minimum Gasteiger partial charge on any atom is -0.378 e. The van der Waals surface area contributed by atoms with Gasteiger partial charge in [0, 0.05) is 7.11 Å². The van der Waals surface area contributed by atoms with E-state index in [2.05, 4.69) is 10.3 Å². The Labute approximate surface area is 98.0 Å². The number of methoxy groups -OCH3 is 1. The number of hydrogen-bond donors (Lipinski definition) is 1. The standard InChI is InChI=1S/C11H14F2N2O2/c1-11(2,17-3)6-9(16)14-7-4-5-8(12)15-10(7)13/h4-5H,6H2,1-3H3,(H,14,16). The molecule has 4 nitrogen and oxygen atoms in total. The zero-order valence-corrected chi connectivity index (χ0v) is 9.88. The fourth-order valence-corrected chi connectivity index (χ4v) is 1.16. The first-order valence-electron chi connectivity index (χ1n) is 5.01. The molecule has 0 atom stereocenters. The van der Waals surface area contributed by atoms with Gasteiger partial charge in [0.1, 0.15) is 0 Å². The second kappa shape index (κ2) is 5.18. The van der Waals surface area contributed by atoms with Crippen LogP contribution in [0.3, 0.4) is 0 Å². The minimum atomic E-state index is -1.05. The highest BCUT2D eigenvalue weighted by Gasteiger charge is 2.21. The third-order valence-corrected chi connectivity index (χ3v) is 2.23. The lowest BCUT2D eigenvalue weighted by Gasteiger charge is -2.21. The Morgan fingerprint density at radius 2 is 2.12 bits per heavy atom. The highest BCUT2D eigenvalue weighted by molar-refractivity contribution is 5.91. The summed E-state index contributed by atoms with van der Waals surface area (Å²) in [6.45, 7) is 3.46. The van der Waals surface area contributed by atoms with E-state index in [1.54, 1.807) is 13.8 Å². The highest BCUT2D eigenvalue weighted by Crippen LogP contribution is 2.16. The molecule has 1 N–H and O–H groups in total. The van der Waals surface area contributed by atoms with Crippen LogP contribution in [0.25, 0.3) is 0 Å². The lowest BCUT2D eigenvalue weighted by atomic mass is 10.0. The molecule has 0 unspecified atom stereocenters. The molecule has 0 aliphatic rings. The van der Waals surface area contributed by atoms with E-state index in [0.29, 0.717) is 0 Å². The van der Waals surface area contributed by atoms with Crippen LogP contribution in [0.4, 0.5) is 14.5 Å². The Kier molecular flexibility index (Phi) is 4.11. The summed E-state index contributed by atoms with van der Waals surface area (Å²) in [5.41, 5.74) is -0.795. The van der Waals surface area contributed by atoms with E-state index < -0.39 is 23.4 Å². The van der Waals surface area contributed by atoms with Gasteiger partial charge in [0.25, 0.3) is 0 Å². The van der Waals surface area contributed by atoms with Gasteiger partial charge in [-0.1, -0.05) is 0 Å². The van der Waals surface area contributed by atoms with Gasteiger partial charge in [0.2, 0.25) is 17.8 Å². The predicted octanol–water partition coefficient (Wildman–Crippen LogP) is 2.11. The second-order valence-electron chi connectivity index (χ2n) is 4.16. The number of ether oxygens (including phenoxy) is 1. The topological polar surface area (TPSA) is 51.2 Å². The number of hydrogen-bond acceptors (Lipinski definition) is 3. The Morgan fingerprint density at radius 3 is 2.65 bits per heavy atom. The predicted molar refractivity (Wildman–Crippen MR) is 58.5 cm³/mol. The van der Waals surface area contributed by atoms with Crippen molar-refractivity contribution in [2.24, 2.45) is 0 Å². The van der Waals surface area contributed by atoms with Gasteiger partial charge in [0.15, 0.2) is 0 Å². The molecule has 0 aliphatic carbocycles. The molecule has 1 rings (SSSR count). The molecular weight excluding hydrogens is 230 g/mol. The summed E-state index contributed by atoms with van der Waals surface area (Å²) in [4.78, 5) is 14.5. The molecule has 0 aromatic carbocycles. The van der Waals surface area contributed by atoms with E-state index in [4.69, 9.17) is 4.74 Å². The Morgan fingerprint density at radius 1 is 1.47 bits per heavy atom. The van der Waals surface area contributed by atoms with Crippen LogP contribution in [0, 0.1) is 11.9 Å². The summed E-state index contributed by atoms with van der Waals surface area (Å²) < 4.78 is 30.7. The quantitative estimate of drug-likeness (QED) is 0.825. The summed E-state index contributed by atoms with van der Waals surface area (Å²) in [7, 11) is 1.48. The number of amides is 1. The van der Waals surface area contributed by atoms with Crippen molar-refractivity contribution in [1.29, 1.82) is 0 Å². The van der Waals surface area contributed by atoms with E-state index in [1.165, 1.54) is 7.11 Å². The van der Waals surface area contributed by atoms with E-state index in [-0.39, 0.29) is 12.1 Å². The van der Waals surface area contributed by atoms with Crippen LogP contribution in [0.5, 0.6) is 0 Å². The lowest BCUT2D eigenvalue weighted by Crippen LogP contribution is -2.29. The Hall–Kier alpha value is -1.56. The van der Waals surface area contributed by atoms with Gasteiger partial charge in [-0.25, -0.2) is 0 Å². The molecule has 0 radical (unpaired) electrons. The van der Waals surface area contributed by atoms with Crippen LogP contribution in [0.15, 0.2) is 12.1 Å². The van der Waals surface area contributed by atoms with Crippen LogP contribution in [0.2, 0.25) is 0 Å². The molecule has 0 saturated heterocycles. The molecule has 0 aliphatic heterocycles. The summed E-state index contributed by atoms with van der Waals surface area (Å²) >= 11 is 0. The average molecular weight is 244 g/mol. The molecule has 94 valence electrons. The third-order valence-electron chi connectivity index (χ3n) is 2.23. The van der Waals surface area contributed by atoms with E-state index in [0.717, 1.165) is 12.1 Å². The highest BCUT2D eigenvalue weighted by atomic mass is 19.1. The van der Waals surface area contributed by atoms with E-state index in [9.17, 15) is 13.6 Å². The summed E-state index contributed by atoms with van der Waals surface area (Å²) in [6, 6.07) is 2.09. The van der Waals surface area contributed by atoms with Crippen molar-refractivity contribution in [3.8, 4) is 0 Å². The molecule has 17 heavy (non-hydrogen) atoms. The Balaban J connectivity index is 2.69. The first-order valence-corrected chi connectivity index (χ1v) is 5.01. The number of pyridine rings is 1. The maximum absolute atomic E-state index is 13.1. The van der Waals surface area contributed by atoms with Crippen LogP contribution >= 0.6 is 0 Å². The van der Waals surface area contributed by atoms with Gasteiger partial charge in [-0.2, -0.15) is 13.8 Å². The fraction of sp³-hybridized carbons (Fsp3) is 0.455. The molecule has 1 heterocycles. The zero-order valence-electron chi connectivity index (χ0n) is 9.88. The molecular formula is C11H14F2N2O2. The number of halogens is 2. The number of carbonyl (C=O) groups is 1. The molecule has 0 bridgehead atoms. The zero-order chi connectivity index (χ0) is 13.1. The smallest absolute Gasteiger partial charge is 0.239 e. The van der Waals surface area contributed by atoms with Crippen molar-refractivity contribution in [1.82, 2.24) is 4.98 Å². The van der Waals surface area contributed by atoms with Gasteiger partial charge in [-0.15, -0.1) is 0 Å². The minimum absolute atomic E-state index is 0.0559. The first kappa shape index (κ1) is 13.5. The van der Waals surface area contributed by atoms with Gasteiger partial charge in [0.05, 0.1) is 17.7 Å². The molecule has 0 spiro atoms. The van der Waals surface area contributed by atoms with Crippen molar-refractivity contribution in [2.45, 2.75) is 25.9 Å². The SMILES string of the molecule is COC(C)(C)CC(=O)Nc1ccc(F)nc1F. The third kappa shape index (κ3) is 4.07. The fourth-order valence-electron chi connectivity index (χ4n) is 1.16. The van der Waals surface area contributed by atoms with Crippen LogP contribution in [-0.4, -0.2) is 23.6 Å². The molecule has 1 amide bonds. The lowest BCUT2D eigenvalue weighted by molar-refractivity contribution is -0.121. The van der Waals surface area contributed by atoms with Gasteiger partial charge in [-0.3, -0.25) is 4.79 Å².